The zero-order valence-electron chi connectivity index (χ0n) is 15.3. The Morgan fingerprint density at radius 1 is 1.24 bits per heavy atom. The summed E-state index contributed by atoms with van der Waals surface area (Å²) in [6.45, 7) is 5.71. The fourth-order valence-corrected chi connectivity index (χ4v) is 3.17. The number of likely N-dealkylation sites (tertiary alicyclic amines) is 1. The Morgan fingerprint density at radius 2 is 1.92 bits per heavy atom. The van der Waals surface area contributed by atoms with E-state index in [9.17, 15) is 9.90 Å². The van der Waals surface area contributed by atoms with Crippen LogP contribution in [0.5, 0.6) is 0 Å². The number of nitrogens with zero attached hydrogens (tertiary/aromatic N) is 1. The fraction of sp³-hybridized carbons (Fsp3) is 0.650. The number of ether oxygens (including phenoxy) is 1. The summed E-state index contributed by atoms with van der Waals surface area (Å²) < 4.78 is 5.49. The van der Waals surface area contributed by atoms with Crippen molar-refractivity contribution in [3.63, 3.8) is 0 Å². The first-order valence-corrected chi connectivity index (χ1v) is 9.56. The predicted molar refractivity (Wildman–Crippen MR) is 99.4 cm³/mol. The van der Waals surface area contributed by atoms with E-state index in [-0.39, 0.29) is 11.9 Å². The van der Waals surface area contributed by atoms with Crippen molar-refractivity contribution in [2.75, 3.05) is 32.8 Å². The number of hydrogen-bond donors (Lipinski definition) is 2. The Morgan fingerprint density at radius 3 is 2.60 bits per heavy atom. The molecule has 2 rings (SSSR count). The maximum Gasteiger partial charge on any atom is 0.317 e. The fourth-order valence-electron chi connectivity index (χ4n) is 3.17. The molecule has 1 heterocycles. The van der Waals surface area contributed by atoms with Crippen molar-refractivity contribution in [2.24, 2.45) is 5.92 Å². The van der Waals surface area contributed by atoms with Crippen LogP contribution in [0.15, 0.2) is 30.3 Å². The minimum Gasteiger partial charge on any atom is -0.388 e. The van der Waals surface area contributed by atoms with Gasteiger partial charge in [-0.15, -0.1) is 0 Å². The molecule has 1 atom stereocenters. The molecule has 2 amide bonds. The molecule has 0 spiro atoms. The molecule has 2 N–H and O–H groups in total. The number of amides is 2. The van der Waals surface area contributed by atoms with Crippen LogP contribution < -0.4 is 5.32 Å². The Kier molecular flexibility index (Phi) is 8.77. The molecule has 1 aromatic rings. The van der Waals surface area contributed by atoms with Crippen LogP contribution in [0.25, 0.3) is 0 Å². The number of urea groups is 1. The van der Waals surface area contributed by atoms with E-state index in [2.05, 4.69) is 12.2 Å². The molecule has 140 valence electrons. The van der Waals surface area contributed by atoms with Gasteiger partial charge in [0.05, 0.1) is 6.10 Å². The van der Waals surface area contributed by atoms with Gasteiger partial charge in [0.2, 0.25) is 0 Å². The van der Waals surface area contributed by atoms with Crippen LogP contribution in [0, 0.1) is 5.92 Å². The van der Waals surface area contributed by atoms with Crippen LogP contribution >= 0.6 is 0 Å². The normalized spacial score (nSPS) is 16.6. The second kappa shape index (κ2) is 11.1. The maximum absolute atomic E-state index is 12.2. The average molecular weight is 348 g/mol. The molecule has 0 aliphatic carbocycles. The first kappa shape index (κ1) is 19.7. The van der Waals surface area contributed by atoms with Crippen LogP contribution in [0.1, 0.15) is 50.7 Å². The summed E-state index contributed by atoms with van der Waals surface area (Å²) in [5.41, 5.74) is 0.966. The van der Waals surface area contributed by atoms with Gasteiger partial charge in [0, 0.05) is 32.8 Å². The SMILES string of the molecule is CCCCOCCCNC(=O)N1CCC(C(O)c2ccccc2)CC1. The van der Waals surface area contributed by atoms with Gasteiger partial charge in [-0.25, -0.2) is 4.79 Å². The number of benzene rings is 1. The highest BCUT2D eigenvalue weighted by Gasteiger charge is 2.28. The summed E-state index contributed by atoms with van der Waals surface area (Å²) in [5, 5.41) is 13.5. The standard InChI is InChI=1S/C20H32N2O3/c1-2-3-15-25-16-7-12-21-20(24)22-13-10-18(11-14-22)19(23)17-8-5-4-6-9-17/h4-6,8-9,18-19,23H,2-3,7,10-16H2,1H3,(H,21,24). The number of hydrogen-bond acceptors (Lipinski definition) is 3. The molecule has 1 saturated heterocycles. The molecule has 1 aliphatic heterocycles. The summed E-state index contributed by atoms with van der Waals surface area (Å²) in [6, 6.07) is 9.79. The topological polar surface area (TPSA) is 61.8 Å². The summed E-state index contributed by atoms with van der Waals surface area (Å²) in [5.74, 6) is 0.221. The zero-order valence-corrected chi connectivity index (χ0v) is 15.3. The molecule has 1 aliphatic rings. The Balaban J connectivity index is 1.62. The molecule has 1 unspecified atom stereocenters. The van der Waals surface area contributed by atoms with Crippen molar-refractivity contribution in [1.29, 1.82) is 0 Å². The van der Waals surface area contributed by atoms with Crippen molar-refractivity contribution >= 4 is 6.03 Å². The number of carbonyl (C=O) groups is 1. The number of piperidine rings is 1. The number of aliphatic hydroxyl groups is 1. The summed E-state index contributed by atoms with van der Waals surface area (Å²) in [7, 11) is 0. The number of nitrogens with one attached hydrogen (secondary N) is 1. The lowest BCUT2D eigenvalue weighted by atomic mass is 9.87. The summed E-state index contributed by atoms with van der Waals surface area (Å²) in [6.07, 6.45) is 4.32. The summed E-state index contributed by atoms with van der Waals surface area (Å²) >= 11 is 0. The maximum atomic E-state index is 12.2. The van der Waals surface area contributed by atoms with Gasteiger partial charge in [0.15, 0.2) is 0 Å². The smallest absolute Gasteiger partial charge is 0.317 e. The van der Waals surface area contributed by atoms with Gasteiger partial charge in [-0.1, -0.05) is 43.7 Å². The minimum absolute atomic E-state index is 0.00112. The van der Waals surface area contributed by atoms with E-state index in [4.69, 9.17) is 4.74 Å². The second-order valence-electron chi connectivity index (χ2n) is 6.73. The highest BCUT2D eigenvalue weighted by molar-refractivity contribution is 5.74. The van der Waals surface area contributed by atoms with Crippen molar-refractivity contribution in [3.05, 3.63) is 35.9 Å². The van der Waals surface area contributed by atoms with Gasteiger partial charge in [-0.3, -0.25) is 0 Å². The number of aliphatic hydroxyl groups excluding tert-OH is 1. The van der Waals surface area contributed by atoms with Crippen molar-refractivity contribution in [1.82, 2.24) is 10.2 Å². The molecule has 1 aromatic carbocycles. The highest BCUT2D eigenvalue weighted by atomic mass is 16.5. The van der Waals surface area contributed by atoms with Crippen LogP contribution in [0.3, 0.4) is 0 Å². The van der Waals surface area contributed by atoms with Crippen LogP contribution in [-0.2, 0) is 4.74 Å². The van der Waals surface area contributed by atoms with Gasteiger partial charge in [-0.2, -0.15) is 0 Å². The first-order chi connectivity index (χ1) is 12.2. The third-order valence-electron chi connectivity index (χ3n) is 4.80. The van der Waals surface area contributed by atoms with E-state index >= 15 is 0 Å². The lowest BCUT2D eigenvalue weighted by Crippen LogP contribution is -2.45. The zero-order chi connectivity index (χ0) is 17.9. The van der Waals surface area contributed by atoms with E-state index in [1.165, 1.54) is 0 Å². The minimum atomic E-state index is -0.438. The van der Waals surface area contributed by atoms with E-state index in [0.29, 0.717) is 26.2 Å². The van der Waals surface area contributed by atoms with E-state index in [0.717, 1.165) is 44.3 Å². The summed E-state index contributed by atoms with van der Waals surface area (Å²) in [4.78, 5) is 14.0. The number of unbranched alkanes of at least 4 members (excludes halogenated alkanes) is 1. The van der Waals surface area contributed by atoms with Gasteiger partial charge >= 0.3 is 6.03 Å². The monoisotopic (exact) mass is 348 g/mol. The molecule has 0 aromatic heterocycles. The molecule has 0 radical (unpaired) electrons. The molecular weight excluding hydrogens is 316 g/mol. The van der Waals surface area contributed by atoms with Crippen molar-refractivity contribution in [2.45, 2.75) is 45.1 Å². The van der Waals surface area contributed by atoms with E-state index in [1.807, 2.05) is 35.2 Å². The van der Waals surface area contributed by atoms with Crippen LogP contribution in [-0.4, -0.2) is 48.9 Å². The Hall–Kier alpha value is -1.59. The third kappa shape index (κ3) is 6.67. The van der Waals surface area contributed by atoms with Gasteiger partial charge in [0.25, 0.3) is 0 Å². The predicted octanol–water partition coefficient (Wildman–Crippen LogP) is 3.35. The third-order valence-corrected chi connectivity index (χ3v) is 4.80. The Bertz CT molecular complexity index is 487. The number of rotatable bonds is 9. The van der Waals surface area contributed by atoms with E-state index < -0.39 is 6.10 Å². The first-order valence-electron chi connectivity index (χ1n) is 9.56. The molecule has 5 heteroatoms. The van der Waals surface area contributed by atoms with Crippen molar-refractivity contribution in [3.8, 4) is 0 Å². The second-order valence-corrected chi connectivity index (χ2v) is 6.73. The van der Waals surface area contributed by atoms with Crippen LogP contribution in [0.4, 0.5) is 4.79 Å². The van der Waals surface area contributed by atoms with Gasteiger partial charge in [-0.05, 0) is 37.2 Å². The molecule has 25 heavy (non-hydrogen) atoms. The average Bonchev–Trinajstić information content (AvgIpc) is 2.67. The van der Waals surface area contributed by atoms with Crippen molar-refractivity contribution < 1.29 is 14.6 Å². The largest absolute Gasteiger partial charge is 0.388 e. The van der Waals surface area contributed by atoms with Gasteiger partial charge in [0.1, 0.15) is 0 Å². The quantitative estimate of drug-likeness (QED) is 0.673. The molecule has 0 saturated carbocycles. The highest BCUT2D eigenvalue weighted by Crippen LogP contribution is 2.30. The molecule has 5 nitrogen and oxygen atoms in total. The lowest BCUT2D eigenvalue weighted by molar-refractivity contribution is 0.0663. The lowest BCUT2D eigenvalue weighted by Gasteiger charge is -2.34. The van der Waals surface area contributed by atoms with E-state index in [1.54, 1.807) is 0 Å². The molecular formula is C20H32N2O3. The van der Waals surface area contributed by atoms with Gasteiger partial charge < -0.3 is 20.1 Å². The number of carbonyl (C=O) groups excluding carboxylic acids is 1. The van der Waals surface area contributed by atoms with Crippen LogP contribution in [0.2, 0.25) is 0 Å². The molecule has 0 bridgehead atoms. The Labute approximate surface area is 151 Å². The molecule has 1 fully saturated rings.